The lowest BCUT2D eigenvalue weighted by Gasteiger charge is -2.33. The number of carbonyl (C=O) groups is 2. The van der Waals surface area contributed by atoms with Gasteiger partial charge in [-0.1, -0.05) is 48.5 Å². The van der Waals surface area contributed by atoms with E-state index < -0.39 is 10.0 Å². The molecule has 0 atom stereocenters. The summed E-state index contributed by atoms with van der Waals surface area (Å²) in [5, 5.41) is 2.85. The van der Waals surface area contributed by atoms with Crippen LogP contribution in [0.5, 0.6) is 0 Å². The third-order valence-electron chi connectivity index (χ3n) is 6.30. The van der Waals surface area contributed by atoms with E-state index in [1.54, 1.807) is 60.7 Å². The average Bonchev–Trinajstić information content (AvgIpc) is 2.86. The van der Waals surface area contributed by atoms with Crippen molar-refractivity contribution in [2.75, 3.05) is 38.0 Å². The van der Waals surface area contributed by atoms with Gasteiger partial charge in [-0.05, 0) is 49.2 Å². The first-order chi connectivity index (χ1) is 16.8. The van der Waals surface area contributed by atoms with Crippen LogP contribution in [-0.2, 0) is 14.8 Å². The average molecular weight is 492 g/mol. The minimum Gasteiger partial charge on any atom is -0.324 e. The normalized spacial score (nSPS) is 15.0. The number of hydrogen-bond acceptors (Lipinski definition) is 5. The zero-order chi connectivity index (χ0) is 25.0. The highest BCUT2D eigenvalue weighted by Gasteiger charge is 2.29. The molecule has 4 rings (SSSR count). The Bertz CT molecular complexity index is 1330. The highest BCUT2D eigenvalue weighted by molar-refractivity contribution is 7.89. The Kier molecular flexibility index (Phi) is 7.45. The molecule has 3 aromatic rings. The number of anilines is 1. The van der Waals surface area contributed by atoms with Gasteiger partial charge >= 0.3 is 0 Å². The smallest absolute Gasteiger partial charge is 0.243 e. The van der Waals surface area contributed by atoms with Gasteiger partial charge in [0.1, 0.15) is 0 Å². The summed E-state index contributed by atoms with van der Waals surface area (Å²) < 4.78 is 27.5. The molecule has 1 N–H and O–H groups in total. The van der Waals surface area contributed by atoms with Crippen LogP contribution >= 0.6 is 0 Å². The molecule has 0 unspecified atom stereocenters. The minimum absolute atomic E-state index is 0.116. The number of para-hydroxylation sites is 1. The number of ketones is 1. The van der Waals surface area contributed by atoms with Crippen molar-refractivity contribution in [2.24, 2.45) is 0 Å². The van der Waals surface area contributed by atoms with Crippen LogP contribution in [0.3, 0.4) is 0 Å². The Balaban J connectivity index is 1.36. The van der Waals surface area contributed by atoms with Crippen LogP contribution in [0.4, 0.5) is 5.69 Å². The quantitative estimate of drug-likeness (QED) is 0.512. The zero-order valence-corrected chi connectivity index (χ0v) is 20.7. The molecule has 1 fully saturated rings. The number of aryl methyl sites for hydroxylation is 2. The van der Waals surface area contributed by atoms with Gasteiger partial charge in [-0.3, -0.25) is 14.5 Å². The van der Waals surface area contributed by atoms with Gasteiger partial charge < -0.3 is 5.32 Å². The van der Waals surface area contributed by atoms with Crippen molar-refractivity contribution in [1.29, 1.82) is 0 Å². The van der Waals surface area contributed by atoms with E-state index in [2.05, 4.69) is 5.32 Å². The third kappa shape index (κ3) is 5.67. The van der Waals surface area contributed by atoms with Crippen LogP contribution in [0.15, 0.2) is 77.7 Å². The summed E-state index contributed by atoms with van der Waals surface area (Å²) >= 11 is 0. The fraction of sp³-hybridized carbons (Fsp3) is 0.259. The molecule has 0 aromatic heterocycles. The maximum absolute atomic E-state index is 13.0. The lowest BCUT2D eigenvalue weighted by molar-refractivity contribution is -0.117. The molecule has 0 saturated carbocycles. The molecule has 0 bridgehead atoms. The Morgan fingerprint density at radius 2 is 1.49 bits per heavy atom. The number of nitrogens with zero attached hydrogens (tertiary/aromatic N) is 2. The van der Waals surface area contributed by atoms with E-state index in [0.717, 1.165) is 11.1 Å². The second-order valence-corrected chi connectivity index (χ2v) is 10.7. The number of amides is 1. The molecule has 0 aliphatic carbocycles. The van der Waals surface area contributed by atoms with Crippen molar-refractivity contribution in [3.63, 3.8) is 0 Å². The molecule has 35 heavy (non-hydrogen) atoms. The molecule has 0 spiro atoms. The SMILES string of the molecule is Cc1ccc(S(=O)(=O)N2CCN(CC(=O)Nc3ccccc3C(=O)c3ccccc3)CC2)cc1C. The van der Waals surface area contributed by atoms with Gasteiger partial charge in [-0.25, -0.2) is 8.42 Å². The predicted octanol–water partition coefficient (Wildman–Crippen LogP) is 3.48. The summed E-state index contributed by atoms with van der Waals surface area (Å²) in [5.74, 6) is -0.407. The first kappa shape index (κ1) is 24.8. The van der Waals surface area contributed by atoms with E-state index in [1.807, 2.05) is 30.9 Å². The first-order valence-corrected chi connectivity index (χ1v) is 13.0. The van der Waals surface area contributed by atoms with Crippen LogP contribution in [0.1, 0.15) is 27.0 Å². The van der Waals surface area contributed by atoms with Crippen molar-refractivity contribution in [1.82, 2.24) is 9.21 Å². The van der Waals surface area contributed by atoms with E-state index in [1.165, 1.54) is 4.31 Å². The highest BCUT2D eigenvalue weighted by Crippen LogP contribution is 2.22. The topological polar surface area (TPSA) is 86.8 Å². The van der Waals surface area contributed by atoms with Gasteiger partial charge in [0, 0.05) is 37.3 Å². The van der Waals surface area contributed by atoms with Crippen molar-refractivity contribution < 1.29 is 18.0 Å². The maximum atomic E-state index is 13.0. The maximum Gasteiger partial charge on any atom is 0.243 e. The molecular formula is C27H29N3O4S. The predicted molar refractivity (Wildman–Crippen MR) is 136 cm³/mol. The molecule has 182 valence electrons. The minimum atomic E-state index is -3.57. The fourth-order valence-electron chi connectivity index (χ4n) is 4.08. The van der Waals surface area contributed by atoms with E-state index in [-0.39, 0.29) is 18.2 Å². The van der Waals surface area contributed by atoms with Crippen LogP contribution < -0.4 is 5.32 Å². The van der Waals surface area contributed by atoms with Gasteiger partial charge in [-0.2, -0.15) is 4.31 Å². The summed E-state index contributed by atoms with van der Waals surface area (Å²) in [4.78, 5) is 27.9. The fourth-order valence-corrected chi connectivity index (χ4v) is 5.59. The standard InChI is InChI=1S/C27H29N3O4S/c1-20-12-13-23(18-21(20)2)35(33,34)30-16-14-29(15-17-30)19-26(31)28-25-11-7-6-10-24(25)27(32)22-8-4-3-5-9-22/h3-13,18H,14-17,19H2,1-2H3,(H,28,31). The molecule has 8 heteroatoms. The number of carbonyl (C=O) groups excluding carboxylic acids is 2. The Labute approximate surface area is 206 Å². The Morgan fingerprint density at radius 3 is 2.17 bits per heavy atom. The largest absolute Gasteiger partial charge is 0.324 e. The molecule has 1 aliphatic rings. The number of rotatable bonds is 7. The number of hydrogen-bond donors (Lipinski definition) is 1. The second kappa shape index (κ2) is 10.5. The molecule has 3 aromatic carbocycles. The Hall–Kier alpha value is -3.33. The number of benzene rings is 3. The summed E-state index contributed by atoms with van der Waals surface area (Å²) in [7, 11) is -3.57. The molecular weight excluding hydrogens is 462 g/mol. The number of sulfonamides is 1. The molecule has 7 nitrogen and oxygen atoms in total. The van der Waals surface area contributed by atoms with Gasteiger partial charge in [0.15, 0.2) is 5.78 Å². The lowest BCUT2D eigenvalue weighted by Crippen LogP contribution is -2.50. The highest BCUT2D eigenvalue weighted by atomic mass is 32.2. The van der Waals surface area contributed by atoms with Crippen molar-refractivity contribution >= 4 is 27.4 Å². The molecule has 0 radical (unpaired) electrons. The first-order valence-electron chi connectivity index (χ1n) is 11.5. The summed E-state index contributed by atoms with van der Waals surface area (Å²) in [6.07, 6.45) is 0. The zero-order valence-electron chi connectivity index (χ0n) is 19.9. The van der Waals surface area contributed by atoms with E-state index in [9.17, 15) is 18.0 Å². The van der Waals surface area contributed by atoms with Crippen LogP contribution in [-0.4, -0.2) is 62.0 Å². The Morgan fingerprint density at radius 1 is 0.829 bits per heavy atom. The van der Waals surface area contributed by atoms with Crippen LogP contribution in [0.2, 0.25) is 0 Å². The van der Waals surface area contributed by atoms with Gasteiger partial charge in [0.05, 0.1) is 17.1 Å². The molecule has 1 amide bonds. The van der Waals surface area contributed by atoms with Gasteiger partial charge in [0.25, 0.3) is 0 Å². The number of nitrogens with one attached hydrogen (secondary N) is 1. The van der Waals surface area contributed by atoms with Crippen molar-refractivity contribution in [3.8, 4) is 0 Å². The summed E-state index contributed by atoms with van der Waals surface area (Å²) in [5.41, 5.74) is 3.42. The van der Waals surface area contributed by atoms with E-state index >= 15 is 0 Å². The van der Waals surface area contributed by atoms with Crippen molar-refractivity contribution in [3.05, 3.63) is 95.1 Å². The number of piperazine rings is 1. The summed E-state index contributed by atoms with van der Waals surface area (Å²) in [6.45, 7) is 5.48. The summed E-state index contributed by atoms with van der Waals surface area (Å²) in [6, 6.07) is 21.0. The van der Waals surface area contributed by atoms with Crippen LogP contribution in [0.25, 0.3) is 0 Å². The van der Waals surface area contributed by atoms with E-state index in [4.69, 9.17) is 0 Å². The molecule has 1 aliphatic heterocycles. The van der Waals surface area contributed by atoms with E-state index in [0.29, 0.717) is 47.9 Å². The van der Waals surface area contributed by atoms with Crippen LogP contribution in [0, 0.1) is 13.8 Å². The second-order valence-electron chi connectivity index (χ2n) is 8.72. The third-order valence-corrected chi connectivity index (χ3v) is 8.19. The van der Waals surface area contributed by atoms with Gasteiger partial charge in [-0.15, -0.1) is 0 Å². The molecule has 1 heterocycles. The molecule has 1 saturated heterocycles. The van der Waals surface area contributed by atoms with Gasteiger partial charge in [0.2, 0.25) is 15.9 Å². The van der Waals surface area contributed by atoms with Crippen molar-refractivity contribution in [2.45, 2.75) is 18.7 Å². The monoisotopic (exact) mass is 491 g/mol. The lowest BCUT2D eigenvalue weighted by atomic mass is 10.0.